The molecule has 23 heavy (non-hydrogen) atoms. The zero-order chi connectivity index (χ0) is 16.0. The van der Waals surface area contributed by atoms with E-state index in [0.29, 0.717) is 12.3 Å². The van der Waals surface area contributed by atoms with Gasteiger partial charge in [-0.2, -0.15) is 13.2 Å². The van der Waals surface area contributed by atoms with Gasteiger partial charge in [-0.1, -0.05) is 6.42 Å². The number of rotatable bonds is 5. The Labute approximate surface area is 139 Å². The van der Waals surface area contributed by atoms with Crippen LogP contribution in [0.1, 0.15) is 24.8 Å². The Balaban J connectivity index is 0.00000264. The zero-order valence-corrected chi connectivity index (χ0v) is 13.3. The van der Waals surface area contributed by atoms with Gasteiger partial charge in [0.25, 0.3) is 0 Å². The van der Waals surface area contributed by atoms with Crippen molar-refractivity contribution in [1.29, 1.82) is 0 Å². The Kier molecular flexibility index (Phi) is 7.64. The lowest BCUT2D eigenvalue weighted by atomic mass is 10.0. The third-order valence-electron chi connectivity index (χ3n) is 3.48. The average molecular weight is 353 g/mol. The molecule has 0 bridgehead atoms. The fraction of sp³-hybridized carbons (Fsp3) is 0.533. The highest BCUT2D eigenvalue weighted by molar-refractivity contribution is 5.85. The van der Waals surface area contributed by atoms with Gasteiger partial charge in [-0.3, -0.25) is 4.79 Å². The number of hydrogen-bond acceptors (Lipinski definition) is 3. The first kappa shape index (κ1) is 19.6. The summed E-state index contributed by atoms with van der Waals surface area (Å²) in [7, 11) is 0. The van der Waals surface area contributed by atoms with Crippen LogP contribution in [0.4, 0.5) is 13.2 Å². The van der Waals surface area contributed by atoms with Crippen LogP contribution in [0.2, 0.25) is 0 Å². The van der Waals surface area contributed by atoms with E-state index in [1.807, 2.05) is 0 Å². The molecule has 0 spiro atoms. The predicted octanol–water partition coefficient (Wildman–Crippen LogP) is 2.76. The Hall–Kier alpha value is -1.47. The molecule has 4 nitrogen and oxygen atoms in total. The molecule has 8 heteroatoms. The van der Waals surface area contributed by atoms with Gasteiger partial charge < -0.3 is 15.4 Å². The van der Waals surface area contributed by atoms with E-state index >= 15 is 0 Å². The maximum atomic E-state index is 12.4. The minimum Gasteiger partial charge on any atom is -0.492 e. The highest BCUT2D eigenvalue weighted by Crippen LogP contribution is 2.30. The molecule has 1 aromatic rings. The lowest BCUT2D eigenvalue weighted by Crippen LogP contribution is -2.47. The molecule has 1 aliphatic rings. The fourth-order valence-corrected chi connectivity index (χ4v) is 2.28. The largest absolute Gasteiger partial charge is 0.492 e. The number of benzene rings is 1. The van der Waals surface area contributed by atoms with E-state index < -0.39 is 11.7 Å². The summed E-state index contributed by atoms with van der Waals surface area (Å²) in [5.41, 5.74) is -0.712. The van der Waals surface area contributed by atoms with Crippen LogP contribution in [0.3, 0.4) is 0 Å². The predicted molar refractivity (Wildman–Crippen MR) is 82.8 cm³/mol. The minimum atomic E-state index is -4.35. The number of hydrogen-bond donors (Lipinski definition) is 2. The van der Waals surface area contributed by atoms with Gasteiger partial charge in [0, 0.05) is 0 Å². The van der Waals surface area contributed by atoms with Gasteiger partial charge in [0.05, 0.1) is 18.2 Å². The SMILES string of the molecule is Cl.O=C(NCCOc1ccc(C(F)(F)F)cc1)C1CCCCN1. The molecule has 0 aliphatic carbocycles. The molecule has 2 rings (SSSR count). The van der Waals surface area contributed by atoms with Crippen molar-refractivity contribution in [3.8, 4) is 5.75 Å². The molecule has 1 aliphatic heterocycles. The van der Waals surface area contributed by atoms with Gasteiger partial charge in [0.15, 0.2) is 0 Å². The topological polar surface area (TPSA) is 50.4 Å². The highest BCUT2D eigenvalue weighted by Gasteiger charge is 2.30. The van der Waals surface area contributed by atoms with Crippen LogP contribution in [-0.2, 0) is 11.0 Å². The highest BCUT2D eigenvalue weighted by atomic mass is 35.5. The summed E-state index contributed by atoms with van der Waals surface area (Å²) in [5.74, 6) is 0.286. The normalized spacial score (nSPS) is 18.0. The van der Waals surface area contributed by atoms with Crippen LogP contribution < -0.4 is 15.4 Å². The molecule has 0 radical (unpaired) electrons. The lowest BCUT2D eigenvalue weighted by molar-refractivity contribution is -0.137. The van der Waals surface area contributed by atoms with Gasteiger partial charge >= 0.3 is 6.18 Å². The molecule has 1 unspecified atom stereocenters. The van der Waals surface area contributed by atoms with Crippen LogP contribution in [0.5, 0.6) is 5.75 Å². The van der Waals surface area contributed by atoms with E-state index in [9.17, 15) is 18.0 Å². The molecule has 0 aromatic heterocycles. The number of amides is 1. The first-order valence-electron chi connectivity index (χ1n) is 7.28. The Morgan fingerprint density at radius 2 is 1.96 bits per heavy atom. The van der Waals surface area contributed by atoms with E-state index in [1.165, 1.54) is 12.1 Å². The molecule has 1 atom stereocenters. The summed E-state index contributed by atoms with van der Waals surface area (Å²) in [5, 5.41) is 5.89. The lowest BCUT2D eigenvalue weighted by Gasteiger charge is -2.22. The van der Waals surface area contributed by atoms with Crippen molar-refractivity contribution in [2.75, 3.05) is 19.7 Å². The van der Waals surface area contributed by atoms with E-state index in [2.05, 4.69) is 10.6 Å². The van der Waals surface area contributed by atoms with Gasteiger partial charge in [0.1, 0.15) is 12.4 Å². The first-order valence-corrected chi connectivity index (χ1v) is 7.28. The molecule has 2 N–H and O–H groups in total. The number of carbonyl (C=O) groups excluding carboxylic acids is 1. The minimum absolute atomic E-state index is 0. The summed E-state index contributed by atoms with van der Waals surface area (Å²) in [4.78, 5) is 11.8. The van der Waals surface area contributed by atoms with E-state index in [1.54, 1.807) is 0 Å². The molecule has 130 valence electrons. The van der Waals surface area contributed by atoms with Crippen LogP contribution >= 0.6 is 12.4 Å². The maximum absolute atomic E-state index is 12.4. The van der Waals surface area contributed by atoms with Crippen molar-refractivity contribution >= 4 is 18.3 Å². The third-order valence-corrected chi connectivity index (χ3v) is 3.48. The molecule has 1 fully saturated rings. The van der Waals surface area contributed by atoms with Crippen molar-refractivity contribution < 1.29 is 22.7 Å². The van der Waals surface area contributed by atoms with Crippen molar-refractivity contribution in [3.05, 3.63) is 29.8 Å². The van der Waals surface area contributed by atoms with E-state index in [0.717, 1.165) is 37.9 Å². The number of halogens is 4. The monoisotopic (exact) mass is 352 g/mol. The summed E-state index contributed by atoms with van der Waals surface area (Å²) >= 11 is 0. The standard InChI is InChI=1S/C15H19F3N2O2.ClH/c16-15(17,18)11-4-6-12(7-5-11)22-10-9-20-14(21)13-3-1-2-8-19-13;/h4-7,13,19H,1-3,8-10H2,(H,20,21);1H. The van der Waals surface area contributed by atoms with Gasteiger partial charge in [0.2, 0.25) is 5.91 Å². The smallest absolute Gasteiger partial charge is 0.416 e. The molecule has 1 aromatic carbocycles. The van der Waals surface area contributed by atoms with Gasteiger partial charge in [-0.05, 0) is 43.7 Å². The fourth-order valence-electron chi connectivity index (χ4n) is 2.28. The number of alkyl halides is 3. The second-order valence-corrected chi connectivity index (χ2v) is 5.16. The van der Waals surface area contributed by atoms with E-state index in [4.69, 9.17) is 4.74 Å². The molecule has 0 saturated carbocycles. The van der Waals surface area contributed by atoms with Crippen LogP contribution in [0.25, 0.3) is 0 Å². The quantitative estimate of drug-likeness (QED) is 0.801. The Bertz CT molecular complexity index is 488. The second kappa shape index (κ2) is 8.98. The number of ether oxygens (including phenoxy) is 1. The van der Waals surface area contributed by atoms with Crippen molar-refractivity contribution in [2.45, 2.75) is 31.5 Å². The van der Waals surface area contributed by atoms with Gasteiger partial charge in [-0.25, -0.2) is 0 Å². The first-order chi connectivity index (χ1) is 10.5. The average Bonchev–Trinajstić information content (AvgIpc) is 2.52. The van der Waals surface area contributed by atoms with Gasteiger partial charge in [-0.15, -0.1) is 12.4 Å². The molecular weight excluding hydrogens is 333 g/mol. The third kappa shape index (κ3) is 6.27. The van der Waals surface area contributed by atoms with E-state index in [-0.39, 0.29) is 31.0 Å². The molecule has 1 amide bonds. The number of piperidine rings is 1. The summed E-state index contributed by atoms with van der Waals surface area (Å²) in [6, 6.07) is 4.33. The second-order valence-electron chi connectivity index (χ2n) is 5.16. The van der Waals surface area contributed by atoms with Crippen molar-refractivity contribution in [3.63, 3.8) is 0 Å². The maximum Gasteiger partial charge on any atom is 0.416 e. The summed E-state index contributed by atoms with van der Waals surface area (Å²) in [6.45, 7) is 1.38. The number of carbonyl (C=O) groups is 1. The zero-order valence-electron chi connectivity index (χ0n) is 12.5. The van der Waals surface area contributed by atoms with Crippen LogP contribution in [0, 0.1) is 0 Å². The van der Waals surface area contributed by atoms with Crippen LogP contribution in [0.15, 0.2) is 24.3 Å². The van der Waals surface area contributed by atoms with Crippen molar-refractivity contribution in [1.82, 2.24) is 10.6 Å². The summed E-state index contributed by atoms with van der Waals surface area (Å²) < 4.78 is 42.5. The Morgan fingerprint density at radius 3 is 2.52 bits per heavy atom. The molecule has 1 saturated heterocycles. The summed E-state index contributed by atoms with van der Waals surface area (Å²) in [6.07, 6.45) is -1.40. The van der Waals surface area contributed by atoms with Crippen LogP contribution in [-0.4, -0.2) is 31.6 Å². The van der Waals surface area contributed by atoms with Crippen molar-refractivity contribution in [2.24, 2.45) is 0 Å². The number of nitrogens with one attached hydrogen (secondary N) is 2. The molecule has 1 heterocycles. The Morgan fingerprint density at radius 1 is 1.26 bits per heavy atom. The molecular formula is C15H20ClF3N2O2.